The van der Waals surface area contributed by atoms with Crippen molar-refractivity contribution >= 4 is 23.5 Å². The van der Waals surface area contributed by atoms with E-state index in [1.54, 1.807) is 24.3 Å². The molecule has 2 aromatic rings. The number of carbonyl (C=O) groups excluding carboxylic acids is 1. The van der Waals surface area contributed by atoms with Gasteiger partial charge in [0.25, 0.3) is 5.91 Å². The van der Waals surface area contributed by atoms with Crippen LogP contribution in [0.5, 0.6) is 5.75 Å². The van der Waals surface area contributed by atoms with E-state index in [0.29, 0.717) is 35.3 Å². The van der Waals surface area contributed by atoms with Crippen LogP contribution in [0.4, 0.5) is 17.6 Å². The molecular formula is C24H23ClF4N4O2. The van der Waals surface area contributed by atoms with Gasteiger partial charge in [0, 0.05) is 37.1 Å². The molecule has 35 heavy (non-hydrogen) atoms. The molecule has 1 amide bonds. The summed E-state index contributed by atoms with van der Waals surface area (Å²) in [6.45, 7) is -0.640. The second-order valence-corrected chi connectivity index (χ2v) is 9.85. The molecule has 0 radical (unpaired) electrons. The zero-order chi connectivity index (χ0) is 25.2. The van der Waals surface area contributed by atoms with Crippen molar-refractivity contribution in [3.8, 4) is 16.9 Å². The molecule has 3 heterocycles. The predicted molar refractivity (Wildman–Crippen MR) is 123 cm³/mol. The number of rotatable bonds is 2. The SMILES string of the molecule is CN1C(=O)C2(CC3(CCN(CC(F)(F)F)CC3)Oc3ccc(-c4cc(F)cc(Cl)c4)cc32)N=C1N. The second kappa shape index (κ2) is 8.09. The summed E-state index contributed by atoms with van der Waals surface area (Å²) in [4.78, 5) is 20.7. The Bertz CT molecular complexity index is 1210. The summed E-state index contributed by atoms with van der Waals surface area (Å²) in [6.07, 6.45) is -3.54. The molecule has 5 rings (SSSR count). The van der Waals surface area contributed by atoms with Gasteiger partial charge in [-0.1, -0.05) is 17.7 Å². The summed E-state index contributed by atoms with van der Waals surface area (Å²) in [5.74, 6) is -0.385. The predicted octanol–water partition coefficient (Wildman–Crippen LogP) is 4.31. The number of hydrogen-bond acceptors (Lipinski definition) is 5. The van der Waals surface area contributed by atoms with Crippen molar-refractivity contribution in [2.45, 2.75) is 36.6 Å². The van der Waals surface area contributed by atoms with Gasteiger partial charge in [-0.05, 0) is 54.3 Å². The lowest BCUT2D eigenvalue weighted by Gasteiger charge is -2.48. The van der Waals surface area contributed by atoms with Crippen LogP contribution in [0.15, 0.2) is 41.4 Å². The number of fused-ring (bicyclic) bond motifs is 2. The Kier molecular flexibility index (Phi) is 5.52. The number of alkyl halides is 3. The number of aliphatic imine (C=N–C) groups is 1. The number of hydrogen-bond donors (Lipinski definition) is 1. The van der Waals surface area contributed by atoms with Crippen molar-refractivity contribution < 1.29 is 27.1 Å². The Hall–Kier alpha value is -2.85. The van der Waals surface area contributed by atoms with Gasteiger partial charge in [-0.3, -0.25) is 14.6 Å². The number of benzene rings is 2. The Balaban J connectivity index is 1.56. The quantitative estimate of drug-likeness (QED) is 0.611. The summed E-state index contributed by atoms with van der Waals surface area (Å²) >= 11 is 6.04. The molecule has 1 unspecified atom stereocenters. The zero-order valence-electron chi connectivity index (χ0n) is 18.8. The average molecular weight is 511 g/mol. The standard InChI is InChI=1S/C24H23ClF4N4O2/c1-32-20(34)23(31-21(32)30)12-22(4-6-33(7-5-22)13-24(27,28)29)35-19-3-2-14(10-18(19)23)15-8-16(25)11-17(26)9-15/h2-3,8-11H,4-7,12-13H2,1H3,(H2,30,31). The van der Waals surface area contributed by atoms with Gasteiger partial charge in [-0.15, -0.1) is 0 Å². The highest BCUT2D eigenvalue weighted by Crippen LogP contribution is 2.52. The topological polar surface area (TPSA) is 71.2 Å². The first-order valence-electron chi connectivity index (χ1n) is 11.1. The number of piperidine rings is 1. The molecule has 2 aromatic carbocycles. The van der Waals surface area contributed by atoms with E-state index in [1.807, 2.05) is 0 Å². The maximum absolute atomic E-state index is 14.0. The summed E-state index contributed by atoms with van der Waals surface area (Å²) < 4.78 is 59.1. The van der Waals surface area contributed by atoms with Crippen molar-refractivity contribution in [1.82, 2.24) is 9.80 Å². The largest absolute Gasteiger partial charge is 0.487 e. The fourth-order valence-electron chi connectivity index (χ4n) is 5.31. The third kappa shape index (κ3) is 4.23. The molecule has 3 aliphatic rings. The van der Waals surface area contributed by atoms with Gasteiger partial charge in [0.15, 0.2) is 11.5 Å². The fraction of sp³-hybridized carbons (Fsp3) is 0.417. The van der Waals surface area contributed by atoms with E-state index >= 15 is 0 Å². The highest BCUT2D eigenvalue weighted by atomic mass is 35.5. The third-order valence-corrected chi connectivity index (χ3v) is 7.22. The minimum atomic E-state index is -4.29. The van der Waals surface area contributed by atoms with Gasteiger partial charge < -0.3 is 10.5 Å². The van der Waals surface area contributed by atoms with Crippen molar-refractivity contribution in [1.29, 1.82) is 0 Å². The number of nitrogens with zero attached hydrogens (tertiary/aromatic N) is 3. The lowest BCUT2D eigenvalue weighted by atomic mass is 9.72. The second-order valence-electron chi connectivity index (χ2n) is 9.42. The highest BCUT2D eigenvalue weighted by molar-refractivity contribution is 6.30. The van der Waals surface area contributed by atoms with Gasteiger partial charge in [0.1, 0.15) is 17.2 Å². The van der Waals surface area contributed by atoms with Crippen LogP contribution in [-0.4, -0.2) is 60.1 Å². The molecule has 186 valence electrons. The molecule has 0 saturated carbocycles. The fourth-order valence-corrected chi connectivity index (χ4v) is 5.54. The van der Waals surface area contributed by atoms with E-state index in [9.17, 15) is 22.4 Å². The lowest BCUT2D eigenvalue weighted by molar-refractivity contribution is -0.155. The summed E-state index contributed by atoms with van der Waals surface area (Å²) in [5.41, 5.74) is 5.40. The van der Waals surface area contributed by atoms with Crippen LogP contribution in [-0.2, 0) is 10.3 Å². The molecule has 2 spiro atoms. The van der Waals surface area contributed by atoms with E-state index in [-0.39, 0.29) is 36.4 Å². The van der Waals surface area contributed by atoms with E-state index in [2.05, 4.69) is 4.99 Å². The van der Waals surface area contributed by atoms with Crippen molar-refractivity contribution in [3.05, 3.63) is 52.8 Å². The van der Waals surface area contributed by atoms with Crippen LogP contribution in [0.25, 0.3) is 11.1 Å². The maximum atomic E-state index is 14.0. The molecule has 6 nitrogen and oxygen atoms in total. The first-order valence-corrected chi connectivity index (χ1v) is 11.5. The number of ether oxygens (including phenoxy) is 1. The monoisotopic (exact) mass is 510 g/mol. The van der Waals surface area contributed by atoms with Crippen LogP contribution in [0.1, 0.15) is 24.8 Å². The maximum Gasteiger partial charge on any atom is 0.401 e. The number of halogens is 5. The van der Waals surface area contributed by atoms with Gasteiger partial charge in [0.05, 0.1) is 6.54 Å². The minimum Gasteiger partial charge on any atom is -0.487 e. The minimum absolute atomic E-state index is 0.0479. The van der Waals surface area contributed by atoms with Gasteiger partial charge in [-0.2, -0.15) is 13.2 Å². The molecular weight excluding hydrogens is 488 g/mol. The van der Waals surface area contributed by atoms with Crippen LogP contribution in [0.3, 0.4) is 0 Å². The number of carbonyl (C=O) groups is 1. The third-order valence-electron chi connectivity index (χ3n) is 7.00. The van der Waals surface area contributed by atoms with Crippen molar-refractivity contribution in [3.63, 3.8) is 0 Å². The zero-order valence-corrected chi connectivity index (χ0v) is 19.6. The summed E-state index contributed by atoms with van der Waals surface area (Å²) in [6, 6.07) is 9.28. The van der Waals surface area contributed by atoms with Gasteiger partial charge >= 0.3 is 6.18 Å². The van der Waals surface area contributed by atoms with E-state index in [4.69, 9.17) is 22.1 Å². The number of likely N-dealkylation sites (N-methyl/N-ethyl adjacent to an activating group) is 1. The van der Waals surface area contributed by atoms with Crippen LogP contribution < -0.4 is 10.5 Å². The molecule has 1 saturated heterocycles. The molecule has 0 bridgehead atoms. The smallest absolute Gasteiger partial charge is 0.401 e. The Morgan fingerprint density at radius 2 is 1.86 bits per heavy atom. The Labute approximate surface area is 204 Å². The number of nitrogens with two attached hydrogens (primary N) is 1. The molecule has 3 aliphatic heterocycles. The van der Waals surface area contributed by atoms with E-state index < -0.39 is 29.7 Å². The number of amides is 1. The molecule has 11 heteroatoms. The molecule has 0 aromatic heterocycles. The Morgan fingerprint density at radius 1 is 1.14 bits per heavy atom. The number of likely N-dealkylation sites (tertiary alicyclic amines) is 1. The van der Waals surface area contributed by atoms with Crippen LogP contribution in [0.2, 0.25) is 5.02 Å². The normalized spacial score (nSPS) is 24.0. The summed E-state index contributed by atoms with van der Waals surface area (Å²) in [5, 5.41) is 0.229. The van der Waals surface area contributed by atoms with Gasteiger partial charge in [0.2, 0.25) is 0 Å². The van der Waals surface area contributed by atoms with E-state index in [0.717, 1.165) is 0 Å². The van der Waals surface area contributed by atoms with Crippen LogP contribution in [0, 0.1) is 5.82 Å². The average Bonchev–Trinajstić information content (AvgIpc) is 2.97. The van der Waals surface area contributed by atoms with Crippen molar-refractivity contribution in [2.75, 3.05) is 26.7 Å². The molecule has 1 atom stereocenters. The molecule has 2 N–H and O–H groups in total. The molecule has 1 fully saturated rings. The lowest BCUT2D eigenvalue weighted by Crippen LogP contribution is -2.56. The summed E-state index contributed by atoms with van der Waals surface area (Å²) in [7, 11) is 1.53. The van der Waals surface area contributed by atoms with Crippen LogP contribution >= 0.6 is 11.6 Å². The van der Waals surface area contributed by atoms with Crippen molar-refractivity contribution in [2.24, 2.45) is 10.7 Å². The highest BCUT2D eigenvalue weighted by Gasteiger charge is 2.58. The Morgan fingerprint density at radius 3 is 2.46 bits per heavy atom. The van der Waals surface area contributed by atoms with E-state index in [1.165, 1.54) is 29.0 Å². The molecule has 0 aliphatic carbocycles. The van der Waals surface area contributed by atoms with Gasteiger partial charge in [-0.25, -0.2) is 9.38 Å². The first kappa shape index (κ1) is 23.9. The number of guanidine groups is 1. The first-order chi connectivity index (χ1) is 16.4.